The number of nitrogens with zero attached hydrogens (tertiary/aromatic N) is 2. The van der Waals surface area contributed by atoms with Gasteiger partial charge >= 0.3 is 5.69 Å². The summed E-state index contributed by atoms with van der Waals surface area (Å²) in [7, 11) is 3.22. The highest BCUT2D eigenvalue weighted by atomic mass is 32.1. The molecule has 1 rings (SSSR count). The number of methoxy groups -OCH3 is 2. The van der Waals surface area contributed by atoms with Crippen molar-refractivity contribution in [3.8, 4) is 0 Å². The molecule has 1 heterocycles. The average Bonchev–Trinajstić information content (AvgIpc) is 2.88. The van der Waals surface area contributed by atoms with E-state index in [4.69, 9.17) is 9.47 Å². The Morgan fingerprint density at radius 1 is 1.38 bits per heavy atom. The van der Waals surface area contributed by atoms with Gasteiger partial charge in [-0.1, -0.05) is 0 Å². The van der Waals surface area contributed by atoms with Crippen LogP contribution in [0.5, 0.6) is 0 Å². The van der Waals surface area contributed by atoms with Crippen LogP contribution in [0.2, 0.25) is 0 Å². The molecule has 0 saturated carbocycles. The molecule has 8 heteroatoms. The maximum Gasteiger partial charge on any atom is 0.304 e. The molecule has 0 unspecified atom stereocenters. The number of thiophene rings is 1. The second-order valence-corrected chi connectivity index (χ2v) is 5.66. The van der Waals surface area contributed by atoms with Crippen LogP contribution in [-0.4, -0.2) is 50.6 Å². The Labute approximate surface area is 128 Å². The predicted molar refractivity (Wildman–Crippen MR) is 82.2 cm³/mol. The van der Waals surface area contributed by atoms with Gasteiger partial charge in [0.2, 0.25) is 0 Å². The molecule has 7 nitrogen and oxygen atoms in total. The number of ether oxygens (including phenoxy) is 2. The van der Waals surface area contributed by atoms with Crippen molar-refractivity contribution >= 4 is 22.0 Å². The van der Waals surface area contributed by atoms with E-state index >= 15 is 0 Å². The molecule has 0 aliphatic rings. The van der Waals surface area contributed by atoms with Crippen molar-refractivity contribution in [2.75, 3.05) is 45.4 Å². The highest BCUT2D eigenvalue weighted by molar-refractivity contribution is 7.16. The Bertz CT molecular complexity index is 450. The molecular weight excluding hydrogens is 296 g/mol. The SMILES string of the molecule is COCCCN(CCOC)c1sc([C@H](C)O)cc1[N+](=O)[O-]. The molecule has 21 heavy (non-hydrogen) atoms. The average molecular weight is 318 g/mol. The third-order valence-corrected chi connectivity index (χ3v) is 4.31. The number of aliphatic hydroxyl groups is 1. The number of aliphatic hydroxyl groups excluding tert-OH is 1. The molecule has 0 amide bonds. The van der Waals surface area contributed by atoms with Crippen LogP contribution < -0.4 is 4.90 Å². The Hall–Kier alpha value is -1.22. The monoisotopic (exact) mass is 318 g/mol. The maximum absolute atomic E-state index is 11.2. The van der Waals surface area contributed by atoms with E-state index in [-0.39, 0.29) is 5.69 Å². The molecule has 0 aliphatic carbocycles. The summed E-state index contributed by atoms with van der Waals surface area (Å²) in [5.74, 6) is 0. The first-order valence-corrected chi connectivity index (χ1v) is 7.51. The highest BCUT2D eigenvalue weighted by Crippen LogP contribution is 2.40. The van der Waals surface area contributed by atoms with Crippen molar-refractivity contribution in [1.29, 1.82) is 0 Å². The van der Waals surface area contributed by atoms with Crippen LogP contribution in [0.3, 0.4) is 0 Å². The van der Waals surface area contributed by atoms with Gasteiger partial charge in [0.05, 0.1) is 17.6 Å². The minimum absolute atomic E-state index is 0.0319. The molecule has 120 valence electrons. The number of hydrogen-bond acceptors (Lipinski definition) is 7. The molecule has 1 N–H and O–H groups in total. The van der Waals surface area contributed by atoms with E-state index in [1.807, 2.05) is 4.90 Å². The third kappa shape index (κ3) is 5.24. The van der Waals surface area contributed by atoms with Gasteiger partial charge in [-0.05, 0) is 13.3 Å². The second-order valence-electron chi connectivity index (χ2n) is 4.60. The fraction of sp³-hybridized carbons (Fsp3) is 0.692. The summed E-state index contributed by atoms with van der Waals surface area (Å²) in [5, 5.41) is 21.4. The zero-order valence-corrected chi connectivity index (χ0v) is 13.4. The van der Waals surface area contributed by atoms with Crippen molar-refractivity contribution in [2.45, 2.75) is 19.4 Å². The van der Waals surface area contributed by atoms with E-state index in [2.05, 4.69) is 0 Å². The molecule has 1 aromatic rings. The predicted octanol–water partition coefficient (Wildman–Crippen LogP) is 2.20. The van der Waals surface area contributed by atoms with E-state index in [0.29, 0.717) is 36.2 Å². The zero-order valence-electron chi connectivity index (χ0n) is 12.6. The van der Waals surface area contributed by atoms with Gasteiger partial charge in [0.1, 0.15) is 0 Å². The van der Waals surface area contributed by atoms with E-state index < -0.39 is 11.0 Å². The van der Waals surface area contributed by atoms with Crippen LogP contribution in [0.15, 0.2) is 6.07 Å². The summed E-state index contributed by atoms with van der Waals surface area (Å²) in [5.41, 5.74) is 0.0319. The second kappa shape index (κ2) is 8.93. The summed E-state index contributed by atoms with van der Waals surface area (Å²) in [6, 6.07) is 1.45. The van der Waals surface area contributed by atoms with Crippen LogP contribution in [0.25, 0.3) is 0 Å². The van der Waals surface area contributed by atoms with Gasteiger partial charge in [-0.2, -0.15) is 0 Å². The highest BCUT2D eigenvalue weighted by Gasteiger charge is 2.25. The van der Waals surface area contributed by atoms with Crippen molar-refractivity contribution in [3.63, 3.8) is 0 Å². The Morgan fingerprint density at radius 3 is 2.57 bits per heavy atom. The van der Waals surface area contributed by atoms with Gasteiger partial charge in [-0.3, -0.25) is 10.1 Å². The lowest BCUT2D eigenvalue weighted by Gasteiger charge is -2.22. The van der Waals surface area contributed by atoms with Gasteiger partial charge < -0.3 is 19.5 Å². The maximum atomic E-state index is 11.2. The van der Waals surface area contributed by atoms with Crippen molar-refractivity contribution < 1.29 is 19.5 Å². The molecular formula is C13H22N2O5S. The largest absolute Gasteiger partial charge is 0.388 e. The first-order valence-electron chi connectivity index (χ1n) is 6.70. The minimum atomic E-state index is -0.717. The standard InChI is InChI=1S/C13H22N2O5S/c1-10(16)12-9-11(15(17)18)13(21-12)14(6-8-20-3)5-4-7-19-2/h9-10,16H,4-8H2,1-3H3/t10-/m0/s1. The summed E-state index contributed by atoms with van der Waals surface area (Å²) >= 11 is 1.25. The van der Waals surface area contributed by atoms with E-state index in [1.54, 1.807) is 21.1 Å². The van der Waals surface area contributed by atoms with Gasteiger partial charge in [-0.25, -0.2) is 0 Å². The molecule has 0 aliphatic heterocycles. The van der Waals surface area contributed by atoms with Crippen LogP contribution in [-0.2, 0) is 9.47 Å². The van der Waals surface area contributed by atoms with Gasteiger partial charge in [0.15, 0.2) is 5.00 Å². The Morgan fingerprint density at radius 2 is 2.05 bits per heavy atom. The van der Waals surface area contributed by atoms with E-state index in [0.717, 1.165) is 6.42 Å². The molecule has 0 radical (unpaired) electrons. The van der Waals surface area contributed by atoms with Crippen molar-refractivity contribution in [1.82, 2.24) is 0 Å². The van der Waals surface area contributed by atoms with Crippen LogP contribution in [0.1, 0.15) is 24.3 Å². The van der Waals surface area contributed by atoms with Crippen molar-refractivity contribution in [3.05, 3.63) is 21.1 Å². The van der Waals surface area contributed by atoms with Crippen molar-refractivity contribution in [2.24, 2.45) is 0 Å². The molecule has 0 spiro atoms. The fourth-order valence-electron chi connectivity index (χ4n) is 1.87. The number of hydrogen-bond donors (Lipinski definition) is 1. The summed E-state index contributed by atoms with van der Waals surface area (Å²) < 4.78 is 10.1. The number of nitro groups is 1. The fourth-order valence-corrected chi connectivity index (χ4v) is 2.98. The quantitative estimate of drug-likeness (QED) is 0.404. The van der Waals surface area contributed by atoms with E-state index in [9.17, 15) is 15.2 Å². The molecule has 1 aromatic heterocycles. The zero-order chi connectivity index (χ0) is 15.8. The molecule has 0 fully saturated rings. The third-order valence-electron chi connectivity index (χ3n) is 2.95. The Balaban J connectivity index is 2.99. The van der Waals surface area contributed by atoms with Crippen LogP contribution in [0, 0.1) is 10.1 Å². The van der Waals surface area contributed by atoms with Gasteiger partial charge in [0, 0.05) is 44.9 Å². The van der Waals surface area contributed by atoms with Crippen LogP contribution >= 0.6 is 11.3 Å². The van der Waals surface area contributed by atoms with Crippen LogP contribution in [0.4, 0.5) is 10.7 Å². The summed E-state index contributed by atoms with van der Waals surface area (Å²) in [6.45, 7) is 3.86. The van der Waals surface area contributed by atoms with E-state index in [1.165, 1.54) is 17.4 Å². The summed E-state index contributed by atoms with van der Waals surface area (Å²) in [6.07, 6.45) is 0.0462. The smallest absolute Gasteiger partial charge is 0.304 e. The minimum Gasteiger partial charge on any atom is -0.388 e. The molecule has 0 bridgehead atoms. The molecule has 0 saturated heterocycles. The number of rotatable bonds is 10. The Kier molecular flexibility index (Phi) is 7.58. The lowest BCUT2D eigenvalue weighted by Crippen LogP contribution is -2.28. The summed E-state index contributed by atoms with van der Waals surface area (Å²) in [4.78, 5) is 13.3. The van der Waals surface area contributed by atoms with Gasteiger partial charge in [-0.15, -0.1) is 11.3 Å². The first kappa shape index (κ1) is 17.8. The molecule has 1 atom stereocenters. The van der Waals surface area contributed by atoms with Gasteiger partial charge in [0.25, 0.3) is 0 Å². The number of anilines is 1. The lowest BCUT2D eigenvalue weighted by molar-refractivity contribution is -0.383. The lowest BCUT2D eigenvalue weighted by atomic mass is 10.3. The molecule has 0 aromatic carbocycles. The normalized spacial score (nSPS) is 12.4. The topological polar surface area (TPSA) is 85.1 Å². The first-order chi connectivity index (χ1) is 10.0.